The van der Waals surface area contributed by atoms with Gasteiger partial charge in [0, 0.05) is 19.7 Å². The number of benzene rings is 1. The molecule has 1 rings (SSSR count). The fourth-order valence-corrected chi connectivity index (χ4v) is 1.29. The lowest BCUT2D eigenvalue weighted by molar-refractivity contribution is -0.384. The first kappa shape index (κ1) is 12.9. The molecule has 7 heteroatoms. The number of nitro benzene ring substituents is 1. The minimum absolute atomic E-state index is 0.348. The molecule has 0 bridgehead atoms. The van der Waals surface area contributed by atoms with Crippen molar-refractivity contribution in [3.8, 4) is 0 Å². The van der Waals surface area contributed by atoms with Crippen LogP contribution in [-0.2, 0) is 0 Å². The van der Waals surface area contributed by atoms with E-state index in [1.807, 2.05) is 0 Å². The summed E-state index contributed by atoms with van der Waals surface area (Å²) in [4.78, 5) is 22.9. The molecule has 0 heterocycles. The lowest BCUT2D eigenvalue weighted by Gasteiger charge is -2.16. The van der Waals surface area contributed by atoms with E-state index in [0.717, 1.165) is 12.1 Å². The van der Waals surface area contributed by atoms with Crippen LogP contribution in [-0.4, -0.2) is 29.3 Å². The van der Waals surface area contributed by atoms with E-state index in [0.29, 0.717) is 6.54 Å². The van der Waals surface area contributed by atoms with E-state index in [9.17, 15) is 19.3 Å². The number of nitro groups is 1. The zero-order valence-corrected chi connectivity index (χ0v) is 9.44. The molecule has 0 aromatic heterocycles. The topological polar surface area (TPSA) is 89.5 Å². The van der Waals surface area contributed by atoms with Crippen molar-refractivity contribution in [2.45, 2.75) is 6.92 Å². The van der Waals surface area contributed by atoms with E-state index in [2.05, 4.69) is 0 Å². The van der Waals surface area contributed by atoms with Gasteiger partial charge in [0.25, 0.3) is 11.6 Å². The molecule has 1 amide bonds. The molecule has 2 N–H and O–H groups in total. The molecule has 0 spiro atoms. The number of carbonyl (C=O) groups excluding carboxylic acids is 1. The first-order chi connectivity index (χ1) is 7.90. The highest BCUT2D eigenvalue weighted by Crippen LogP contribution is 2.28. The van der Waals surface area contributed by atoms with Crippen LogP contribution >= 0.6 is 0 Å². The van der Waals surface area contributed by atoms with Gasteiger partial charge in [0.2, 0.25) is 0 Å². The first-order valence-electron chi connectivity index (χ1n) is 4.88. The maximum Gasteiger partial charge on any atom is 0.293 e. The van der Waals surface area contributed by atoms with Gasteiger partial charge in [-0.1, -0.05) is 0 Å². The highest BCUT2D eigenvalue weighted by atomic mass is 19.1. The summed E-state index contributed by atoms with van der Waals surface area (Å²) in [5.41, 5.74) is 4.08. The first-order valence-corrected chi connectivity index (χ1v) is 4.88. The van der Waals surface area contributed by atoms with Crippen LogP contribution in [0.2, 0.25) is 0 Å². The Morgan fingerprint density at radius 3 is 2.65 bits per heavy atom. The maximum atomic E-state index is 13.5. The predicted molar refractivity (Wildman–Crippen MR) is 60.1 cm³/mol. The SMILES string of the molecule is CCN(C)C(=O)c1c(F)ccc([N+](=O)[O-])c1N. The number of amides is 1. The van der Waals surface area contributed by atoms with Crippen molar-refractivity contribution in [1.82, 2.24) is 4.90 Å². The van der Waals surface area contributed by atoms with Gasteiger partial charge in [0.1, 0.15) is 17.1 Å². The average molecular weight is 241 g/mol. The van der Waals surface area contributed by atoms with Gasteiger partial charge in [0.15, 0.2) is 0 Å². The lowest BCUT2D eigenvalue weighted by Crippen LogP contribution is -2.28. The van der Waals surface area contributed by atoms with Crippen LogP contribution in [0.1, 0.15) is 17.3 Å². The van der Waals surface area contributed by atoms with E-state index in [1.54, 1.807) is 6.92 Å². The fourth-order valence-electron chi connectivity index (χ4n) is 1.29. The summed E-state index contributed by atoms with van der Waals surface area (Å²) in [5, 5.41) is 10.6. The highest BCUT2D eigenvalue weighted by molar-refractivity contribution is 6.01. The van der Waals surface area contributed by atoms with Crippen LogP contribution in [0.15, 0.2) is 12.1 Å². The molecule has 0 saturated heterocycles. The van der Waals surface area contributed by atoms with Gasteiger partial charge in [-0.05, 0) is 13.0 Å². The van der Waals surface area contributed by atoms with Crippen molar-refractivity contribution in [3.63, 3.8) is 0 Å². The van der Waals surface area contributed by atoms with Crippen molar-refractivity contribution in [1.29, 1.82) is 0 Å². The Morgan fingerprint density at radius 2 is 2.18 bits per heavy atom. The van der Waals surface area contributed by atoms with E-state index >= 15 is 0 Å². The summed E-state index contributed by atoms with van der Waals surface area (Å²) in [6.45, 7) is 2.05. The van der Waals surface area contributed by atoms with Gasteiger partial charge in [-0.2, -0.15) is 0 Å². The van der Waals surface area contributed by atoms with E-state index < -0.39 is 33.6 Å². The van der Waals surface area contributed by atoms with E-state index in [4.69, 9.17) is 5.73 Å². The molecule has 92 valence electrons. The Kier molecular flexibility index (Phi) is 3.62. The van der Waals surface area contributed by atoms with Crippen LogP contribution in [0.4, 0.5) is 15.8 Å². The molecule has 0 aliphatic rings. The minimum Gasteiger partial charge on any atom is -0.392 e. The molecule has 1 aromatic carbocycles. The standard InChI is InChI=1S/C10H12FN3O3/c1-3-13(2)10(15)8-6(11)4-5-7(9(8)12)14(16)17/h4-5H,3,12H2,1-2H3. The lowest BCUT2D eigenvalue weighted by atomic mass is 10.1. The molecule has 0 radical (unpaired) electrons. The van der Waals surface area contributed by atoms with Crippen molar-refractivity contribution in [2.75, 3.05) is 19.3 Å². The van der Waals surface area contributed by atoms with Crippen LogP contribution in [0.5, 0.6) is 0 Å². The molecule has 0 aliphatic carbocycles. The molecule has 0 fully saturated rings. The maximum absolute atomic E-state index is 13.5. The van der Waals surface area contributed by atoms with Crippen LogP contribution in [0, 0.1) is 15.9 Å². The van der Waals surface area contributed by atoms with E-state index in [-0.39, 0.29) is 0 Å². The summed E-state index contributed by atoms with van der Waals surface area (Å²) in [7, 11) is 1.46. The molecule has 0 unspecified atom stereocenters. The normalized spacial score (nSPS) is 10.1. The number of nitrogen functional groups attached to an aromatic ring is 1. The molecule has 0 aliphatic heterocycles. The molecule has 6 nitrogen and oxygen atoms in total. The number of nitrogens with two attached hydrogens (primary N) is 1. The number of nitrogens with zero attached hydrogens (tertiary/aromatic N) is 2. The molecule has 1 aromatic rings. The van der Waals surface area contributed by atoms with Crippen LogP contribution in [0.25, 0.3) is 0 Å². The number of halogens is 1. The average Bonchev–Trinajstić information content (AvgIpc) is 2.27. The highest BCUT2D eigenvalue weighted by Gasteiger charge is 2.25. The van der Waals surface area contributed by atoms with Gasteiger partial charge in [-0.15, -0.1) is 0 Å². The van der Waals surface area contributed by atoms with Crippen molar-refractivity contribution < 1.29 is 14.1 Å². The van der Waals surface area contributed by atoms with Gasteiger partial charge in [0.05, 0.1) is 4.92 Å². The molecule has 0 saturated carbocycles. The smallest absolute Gasteiger partial charge is 0.293 e. The zero-order chi connectivity index (χ0) is 13.2. The van der Waals surface area contributed by atoms with E-state index in [1.165, 1.54) is 11.9 Å². The molecular weight excluding hydrogens is 229 g/mol. The number of hydrogen-bond donors (Lipinski definition) is 1. The minimum atomic E-state index is -0.863. The van der Waals surface area contributed by atoms with Gasteiger partial charge in [-0.3, -0.25) is 14.9 Å². The van der Waals surface area contributed by atoms with Crippen molar-refractivity contribution >= 4 is 17.3 Å². The monoisotopic (exact) mass is 241 g/mol. The summed E-state index contributed by atoms with van der Waals surface area (Å²) >= 11 is 0. The van der Waals surface area contributed by atoms with Crippen LogP contribution in [0.3, 0.4) is 0 Å². The number of anilines is 1. The number of carbonyl (C=O) groups is 1. The van der Waals surface area contributed by atoms with Crippen molar-refractivity contribution in [3.05, 3.63) is 33.6 Å². The molecule has 17 heavy (non-hydrogen) atoms. The Labute approximate surface area is 97.0 Å². The number of rotatable bonds is 3. The van der Waals surface area contributed by atoms with Crippen molar-refractivity contribution in [2.24, 2.45) is 0 Å². The van der Waals surface area contributed by atoms with Gasteiger partial charge < -0.3 is 10.6 Å². The largest absolute Gasteiger partial charge is 0.392 e. The third kappa shape index (κ3) is 2.32. The second-order valence-electron chi connectivity index (χ2n) is 3.43. The molecule has 0 atom stereocenters. The second kappa shape index (κ2) is 4.77. The third-order valence-corrected chi connectivity index (χ3v) is 2.40. The van der Waals surface area contributed by atoms with Gasteiger partial charge >= 0.3 is 0 Å². The third-order valence-electron chi connectivity index (χ3n) is 2.40. The quantitative estimate of drug-likeness (QED) is 0.492. The summed E-state index contributed by atoms with van der Waals surface area (Å²) < 4.78 is 13.5. The zero-order valence-electron chi connectivity index (χ0n) is 9.44. The summed E-state index contributed by atoms with van der Waals surface area (Å²) in [6, 6.07) is 1.80. The summed E-state index contributed by atoms with van der Waals surface area (Å²) in [5.74, 6) is -1.54. The molecular formula is C10H12FN3O3. The fraction of sp³-hybridized carbons (Fsp3) is 0.300. The Hall–Kier alpha value is -2.18. The summed E-state index contributed by atoms with van der Waals surface area (Å²) in [6.07, 6.45) is 0. The van der Waals surface area contributed by atoms with Gasteiger partial charge in [-0.25, -0.2) is 4.39 Å². The van der Waals surface area contributed by atoms with Crippen LogP contribution < -0.4 is 5.73 Å². The number of hydrogen-bond acceptors (Lipinski definition) is 4. The predicted octanol–water partition coefficient (Wildman–Crippen LogP) is 1.41. The second-order valence-corrected chi connectivity index (χ2v) is 3.43. The Morgan fingerprint density at radius 1 is 1.59 bits per heavy atom. The Bertz CT molecular complexity index is 476. The Balaban J connectivity index is 3.37.